The molecule has 0 unspecified atom stereocenters. The Labute approximate surface area is 158 Å². The van der Waals surface area contributed by atoms with E-state index in [1.165, 1.54) is 6.08 Å². The van der Waals surface area contributed by atoms with E-state index in [1.54, 1.807) is 18.2 Å². The van der Waals surface area contributed by atoms with Gasteiger partial charge in [-0.25, -0.2) is 0 Å². The maximum Gasteiger partial charge on any atom is 0.185 e. The molecular weight excluding hydrogens is 340 g/mol. The van der Waals surface area contributed by atoms with E-state index in [1.807, 2.05) is 44.2 Å². The number of H-pyrrole nitrogens is 1. The number of carbonyl (C=O) groups excluding carboxylic acids is 1. The summed E-state index contributed by atoms with van der Waals surface area (Å²) in [7, 11) is 0. The molecule has 27 heavy (non-hydrogen) atoms. The van der Waals surface area contributed by atoms with E-state index in [2.05, 4.69) is 10.2 Å². The molecule has 2 aromatic carbocycles. The van der Waals surface area contributed by atoms with Crippen LogP contribution in [0.3, 0.4) is 0 Å². The number of aliphatic hydroxyl groups excluding tert-OH is 2. The summed E-state index contributed by atoms with van der Waals surface area (Å²) in [6.45, 7) is 3.73. The molecule has 0 saturated heterocycles. The van der Waals surface area contributed by atoms with Crippen LogP contribution in [0, 0.1) is 13.8 Å². The molecule has 5 nitrogen and oxygen atoms in total. The molecule has 0 spiro atoms. The number of aliphatic hydroxyl groups is 2. The summed E-state index contributed by atoms with van der Waals surface area (Å²) in [6, 6.07) is 12.9. The van der Waals surface area contributed by atoms with Gasteiger partial charge in [-0.3, -0.25) is 9.89 Å². The standard InChI is InChI=1S/C22H22N2O3/c1-14-3-4-17(9-15(14)2)22(27)8-7-20-11-21(24-23-20)16-5-6-18(12-25)19(10-16)13-26/h3-11,25-26H,12-13H2,1-2H3,(H,23,24)/b8-7+. The van der Waals surface area contributed by atoms with Crippen molar-refractivity contribution < 1.29 is 15.0 Å². The Morgan fingerprint density at radius 2 is 1.78 bits per heavy atom. The highest BCUT2D eigenvalue weighted by atomic mass is 16.3. The number of nitrogens with one attached hydrogen (secondary N) is 1. The first-order valence-electron chi connectivity index (χ1n) is 8.71. The predicted molar refractivity (Wildman–Crippen MR) is 105 cm³/mol. The van der Waals surface area contributed by atoms with Crippen LogP contribution >= 0.6 is 0 Å². The lowest BCUT2D eigenvalue weighted by Crippen LogP contribution is -1.95. The predicted octanol–water partition coefficient (Wildman–Crippen LogP) is 3.57. The average Bonchev–Trinajstić information content (AvgIpc) is 3.16. The molecular formula is C22H22N2O3. The Morgan fingerprint density at radius 1 is 1.00 bits per heavy atom. The minimum atomic E-state index is -0.147. The van der Waals surface area contributed by atoms with Crippen molar-refractivity contribution in [2.75, 3.05) is 0 Å². The van der Waals surface area contributed by atoms with Crippen LogP contribution in [0.4, 0.5) is 0 Å². The van der Waals surface area contributed by atoms with Crippen LogP contribution in [0.25, 0.3) is 17.3 Å². The van der Waals surface area contributed by atoms with E-state index in [0.29, 0.717) is 28.1 Å². The van der Waals surface area contributed by atoms with Gasteiger partial charge in [0, 0.05) is 11.1 Å². The van der Waals surface area contributed by atoms with Gasteiger partial charge in [-0.1, -0.05) is 24.3 Å². The molecule has 5 heteroatoms. The van der Waals surface area contributed by atoms with Gasteiger partial charge in [-0.2, -0.15) is 5.10 Å². The number of aromatic amines is 1. The molecule has 0 aliphatic heterocycles. The molecule has 0 amide bonds. The van der Waals surface area contributed by atoms with Crippen molar-refractivity contribution in [1.82, 2.24) is 10.2 Å². The second-order valence-electron chi connectivity index (χ2n) is 6.50. The summed E-state index contributed by atoms with van der Waals surface area (Å²) in [4.78, 5) is 12.3. The monoisotopic (exact) mass is 362 g/mol. The second-order valence-corrected chi connectivity index (χ2v) is 6.50. The molecule has 0 fully saturated rings. The van der Waals surface area contributed by atoms with Crippen molar-refractivity contribution in [2.45, 2.75) is 27.1 Å². The minimum absolute atomic E-state index is 0.0656. The molecule has 3 aromatic rings. The van der Waals surface area contributed by atoms with Crippen molar-refractivity contribution in [3.8, 4) is 11.3 Å². The number of nitrogens with zero attached hydrogens (tertiary/aromatic N) is 1. The van der Waals surface area contributed by atoms with Crippen molar-refractivity contribution in [2.24, 2.45) is 0 Å². The fourth-order valence-corrected chi connectivity index (χ4v) is 2.81. The van der Waals surface area contributed by atoms with Gasteiger partial charge in [-0.15, -0.1) is 0 Å². The fourth-order valence-electron chi connectivity index (χ4n) is 2.81. The van der Waals surface area contributed by atoms with Crippen LogP contribution in [0.1, 0.15) is 38.3 Å². The zero-order valence-corrected chi connectivity index (χ0v) is 15.4. The lowest BCUT2D eigenvalue weighted by molar-refractivity contribution is 0.104. The average molecular weight is 362 g/mol. The summed E-state index contributed by atoms with van der Waals surface area (Å²) in [5.41, 5.74) is 6.49. The molecule has 1 aromatic heterocycles. The van der Waals surface area contributed by atoms with Gasteiger partial charge < -0.3 is 10.2 Å². The number of hydrogen-bond donors (Lipinski definition) is 3. The Bertz CT molecular complexity index is 1000. The number of aryl methyl sites for hydroxylation is 2. The summed E-state index contributed by atoms with van der Waals surface area (Å²) >= 11 is 0. The summed E-state index contributed by atoms with van der Waals surface area (Å²) in [5, 5.41) is 25.9. The number of carbonyl (C=O) groups is 1. The molecule has 0 aliphatic rings. The lowest BCUT2D eigenvalue weighted by atomic mass is 10.0. The van der Waals surface area contributed by atoms with Crippen LogP contribution in [0.2, 0.25) is 0 Å². The summed E-state index contributed by atoms with van der Waals surface area (Å²) in [5.74, 6) is -0.0656. The molecule has 1 heterocycles. The van der Waals surface area contributed by atoms with Crippen LogP contribution < -0.4 is 0 Å². The Kier molecular flexibility index (Phi) is 5.64. The van der Waals surface area contributed by atoms with Gasteiger partial charge in [-0.05, 0) is 66.5 Å². The second kappa shape index (κ2) is 8.12. The largest absolute Gasteiger partial charge is 0.392 e. The van der Waals surface area contributed by atoms with Gasteiger partial charge in [0.15, 0.2) is 5.78 Å². The van der Waals surface area contributed by atoms with E-state index in [0.717, 1.165) is 16.7 Å². The molecule has 0 saturated carbocycles. The topological polar surface area (TPSA) is 86.2 Å². The van der Waals surface area contributed by atoms with Crippen molar-refractivity contribution in [3.63, 3.8) is 0 Å². The third-order valence-electron chi connectivity index (χ3n) is 4.65. The molecule has 3 rings (SSSR count). The highest BCUT2D eigenvalue weighted by molar-refractivity contribution is 6.06. The normalized spacial score (nSPS) is 11.3. The molecule has 0 atom stereocenters. The number of ketones is 1. The summed E-state index contributed by atoms with van der Waals surface area (Å²) < 4.78 is 0. The molecule has 0 aliphatic carbocycles. The zero-order valence-electron chi connectivity index (χ0n) is 15.4. The highest BCUT2D eigenvalue weighted by Gasteiger charge is 2.08. The number of hydrogen-bond acceptors (Lipinski definition) is 4. The third kappa shape index (κ3) is 4.22. The highest BCUT2D eigenvalue weighted by Crippen LogP contribution is 2.22. The quantitative estimate of drug-likeness (QED) is 0.462. The van der Waals surface area contributed by atoms with Crippen molar-refractivity contribution >= 4 is 11.9 Å². The number of aromatic nitrogens is 2. The van der Waals surface area contributed by atoms with Crippen LogP contribution in [-0.4, -0.2) is 26.2 Å². The number of rotatable bonds is 6. The minimum Gasteiger partial charge on any atom is -0.392 e. The first-order valence-corrected chi connectivity index (χ1v) is 8.71. The lowest BCUT2D eigenvalue weighted by Gasteiger charge is -2.06. The van der Waals surface area contributed by atoms with E-state index in [4.69, 9.17) is 0 Å². The van der Waals surface area contributed by atoms with Crippen molar-refractivity contribution in [3.05, 3.63) is 82.1 Å². The Balaban J connectivity index is 1.78. The van der Waals surface area contributed by atoms with Gasteiger partial charge in [0.25, 0.3) is 0 Å². The van der Waals surface area contributed by atoms with Gasteiger partial charge >= 0.3 is 0 Å². The smallest absolute Gasteiger partial charge is 0.185 e. The third-order valence-corrected chi connectivity index (χ3v) is 4.65. The SMILES string of the molecule is Cc1ccc(C(=O)/C=C/c2cc(-c3ccc(CO)c(CO)c3)n[nH]2)cc1C. The fraction of sp³-hybridized carbons (Fsp3) is 0.182. The van der Waals surface area contributed by atoms with Crippen LogP contribution in [0.15, 0.2) is 48.5 Å². The number of benzene rings is 2. The number of allylic oxidation sites excluding steroid dienone is 1. The van der Waals surface area contributed by atoms with E-state index >= 15 is 0 Å². The van der Waals surface area contributed by atoms with E-state index in [-0.39, 0.29) is 19.0 Å². The van der Waals surface area contributed by atoms with E-state index < -0.39 is 0 Å². The molecule has 138 valence electrons. The van der Waals surface area contributed by atoms with Crippen LogP contribution in [-0.2, 0) is 13.2 Å². The summed E-state index contributed by atoms with van der Waals surface area (Å²) in [6.07, 6.45) is 3.22. The van der Waals surface area contributed by atoms with Gasteiger partial charge in [0.2, 0.25) is 0 Å². The van der Waals surface area contributed by atoms with E-state index in [9.17, 15) is 15.0 Å². The van der Waals surface area contributed by atoms with Crippen LogP contribution in [0.5, 0.6) is 0 Å². The first kappa shape index (κ1) is 18.8. The molecule has 3 N–H and O–H groups in total. The molecule has 0 bridgehead atoms. The Hall–Kier alpha value is -3.02. The Morgan fingerprint density at radius 3 is 2.48 bits per heavy atom. The molecule has 0 radical (unpaired) electrons. The van der Waals surface area contributed by atoms with Crippen molar-refractivity contribution in [1.29, 1.82) is 0 Å². The maximum absolute atomic E-state index is 12.3. The van der Waals surface area contributed by atoms with Gasteiger partial charge in [0.05, 0.1) is 24.6 Å². The van der Waals surface area contributed by atoms with Gasteiger partial charge in [0.1, 0.15) is 0 Å². The maximum atomic E-state index is 12.3. The first-order chi connectivity index (χ1) is 13.0. The zero-order chi connectivity index (χ0) is 19.4.